The molecule has 2 aromatic carbocycles. The lowest BCUT2D eigenvalue weighted by Crippen LogP contribution is -2.52. The number of anilines is 1. The summed E-state index contributed by atoms with van der Waals surface area (Å²) in [6.45, 7) is 4.29. The number of carbonyl (C=O) groups excluding carboxylic acids is 2. The van der Waals surface area contributed by atoms with Crippen molar-refractivity contribution in [2.24, 2.45) is 5.73 Å². The second-order valence-electron chi connectivity index (χ2n) is 6.54. The summed E-state index contributed by atoms with van der Waals surface area (Å²) in [5.74, 6) is -0.367. The van der Waals surface area contributed by atoms with Crippen LogP contribution in [-0.2, 0) is 4.79 Å². The summed E-state index contributed by atoms with van der Waals surface area (Å²) in [4.78, 5) is 28.2. The lowest BCUT2D eigenvalue weighted by atomic mass is 10.0. The van der Waals surface area contributed by atoms with E-state index in [2.05, 4.69) is 5.32 Å². The first-order chi connectivity index (χ1) is 12.5. The smallest absolute Gasteiger partial charge is 0.321 e. The average Bonchev–Trinajstić information content (AvgIpc) is 2.63. The molecule has 0 radical (unpaired) electrons. The van der Waals surface area contributed by atoms with Crippen LogP contribution in [-0.4, -0.2) is 47.9 Å². The molecule has 0 aliphatic carbocycles. The summed E-state index contributed by atoms with van der Waals surface area (Å²) in [6, 6.07) is 16.7. The second-order valence-corrected chi connectivity index (χ2v) is 6.54. The molecule has 1 saturated heterocycles. The Bertz CT molecular complexity index is 770. The first kappa shape index (κ1) is 17.9. The van der Waals surface area contributed by atoms with Crippen LogP contribution in [0.25, 0.3) is 0 Å². The third-order valence-electron chi connectivity index (χ3n) is 4.62. The molecule has 3 N–H and O–H groups in total. The van der Waals surface area contributed by atoms with E-state index in [0.717, 1.165) is 16.8 Å². The van der Waals surface area contributed by atoms with Gasteiger partial charge in [0.25, 0.3) is 0 Å². The molecule has 0 saturated carbocycles. The number of primary amides is 1. The van der Waals surface area contributed by atoms with Gasteiger partial charge in [-0.15, -0.1) is 0 Å². The summed E-state index contributed by atoms with van der Waals surface area (Å²) >= 11 is 0. The van der Waals surface area contributed by atoms with E-state index in [9.17, 15) is 9.59 Å². The molecule has 3 rings (SSSR count). The Morgan fingerprint density at radius 3 is 2.31 bits per heavy atom. The quantitative estimate of drug-likeness (QED) is 0.887. The van der Waals surface area contributed by atoms with Crippen molar-refractivity contribution < 1.29 is 9.59 Å². The molecule has 0 bridgehead atoms. The summed E-state index contributed by atoms with van der Waals surface area (Å²) < 4.78 is 0. The van der Waals surface area contributed by atoms with Gasteiger partial charge in [0.2, 0.25) is 5.91 Å². The van der Waals surface area contributed by atoms with E-state index in [-0.39, 0.29) is 11.9 Å². The number of nitrogens with zero attached hydrogens (tertiary/aromatic N) is 2. The molecule has 0 unspecified atom stereocenters. The molecule has 1 heterocycles. The van der Waals surface area contributed by atoms with Crippen LogP contribution in [0.2, 0.25) is 0 Å². The van der Waals surface area contributed by atoms with Crippen LogP contribution in [0.4, 0.5) is 10.5 Å². The zero-order valence-corrected chi connectivity index (χ0v) is 14.9. The van der Waals surface area contributed by atoms with Gasteiger partial charge in [0.05, 0.1) is 0 Å². The monoisotopic (exact) mass is 352 g/mol. The van der Waals surface area contributed by atoms with Crippen LogP contribution < -0.4 is 11.1 Å². The fourth-order valence-corrected chi connectivity index (χ4v) is 3.30. The molecule has 26 heavy (non-hydrogen) atoms. The number of carbonyl (C=O) groups is 2. The number of aryl methyl sites for hydroxylation is 1. The highest BCUT2D eigenvalue weighted by molar-refractivity contribution is 5.89. The number of nitrogens with one attached hydrogen (secondary N) is 1. The topological polar surface area (TPSA) is 78.7 Å². The zero-order chi connectivity index (χ0) is 18.5. The number of rotatable bonds is 4. The Balaban J connectivity index is 1.61. The molecule has 2 aromatic rings. The van der Waals surface area contributed by atoms with Gasteiger partial charge in [0.15, 0.2) is 0 Å². The Kier molecular flexibility index (Phi) is 5.53. The van der Waals surface area contributed by atoms with E-state index < -0.39 is 6.04 Å². The van der Waals surface area contributed by atoms with Crippen LogP contribution in [0.1, 0.15) is 17.2 Å². The normalized spacial score (nSPS) is 16.1. The summed E-state index contributed by atoms with van der Waals surface area (Å²) in [7, 11) is 0. The fourth-order valence-electron chi connectivity index (χ4n) is 3.30. The Labute approximate surface area is 153 Å². The molecule has 1 fully saturated rings. The van der Waals surface area contributed by atoms with E-state index in [0.29, 0.717) is 26.2 Å². The second kappa shape index (κ2) is 8.01. The van der Waals surface area contributed by atoms with Gasteiger partial charge in [0, 0.05) is 31.9 Å². The zero-order valence-electron chi connectivity index (χ0n) is 14.9. The Hall–Kier alpha value is -2.86. The van der Waals surface area contributed by atoms with Crippen molar-refractivity contribution in [2.45, 2.75) is 13.0 Å². The summed E-state index contributed by atoms with van der Waals surface area (Å²) in [6.07, 6.45) is 0. The highest BCUT2D eigenvalue weighted by Gasteiger charge is 2.30. The van der Waals surface area contributed by atoms with E-state index in [1.165, 1.54) is 0 Å². The van der Waals surface area contributed by atoms with Gasteiger partial charge >= 0.3 is 6.03 Å². The third kappa shape index (κ3) is 4.21. The van der Waals surface area contributed by atoms with E-state index >= 15 is 0 Å². The van der Waals surface area contributed by atoms with Crippen LogP contribution in [0.3, 0.4) is 0 Å². The molecule has 6 heteroatoms. The van der Waals surface area contributed by atoms with Crippen molar-refractivity contribution in [3.05, 3.63) is 65.7 Å². The molecule has 136 valence electrons. The van der Waals surface area contributed by atoms with Crippen molar-refractivity contribution in [3.8, 4) is 0 Å². The maximum atomic E-state index is 12.5. The lowest BCUT2D eigenvalue weighted by molar-refractivity contribution is -0.124. The van der Waals surface area contributed by atoms with Gasteiger partial charge in [-0.05, 0) is 30.2 Å². The Morgan fingerprint density at radius 1 is 1.00 bits per heavy atom. The minimum Gasteiger partial charge on any atom is -0.368 e. The van der Waals surface area contributed by atoms with Gasteiger partial charge in [-0.2, -0.15) is 0 Å². The van der Waals surface area contributed by atoms with Gasteiger partial charge in [-0.3, -0.25) is 9.69 Å². The number of hydrogen-bond acceptors (Lipinski definition) is 3. The largest absolute Gasteiger partial charge is 0.368 e. The van der Waals surface area contributed by atoms with Crippen molar-refractivity contribution in [3.63, 3.8) is 0 Å². The van der Waals surface area contributed by atoms with Crippen molar-refractivity contribution in [1.82, 2.24) is 9.80 Å². The molecule has 0 spiro atoms. The number of nitrogens with two attached hydrogens (primary N) is 1. The molecule has 6 nitrogen and oxygen atoms in total. The summed E-state index contributed by atoms with van der Waals surface area (Å²) in [5, 5.41) is 2.93. The first-order valence-electron chi connectivity index (χ1n) is 8.75. The molecule has 0 aromatic heterocycles. The number of urea groups is 1. The fraction of sp³-hybridized carbons (Fsp3) is 0.300. The van der Waals surface area contributed by atoms with Crippen LogP contribution in [0.5, 0.6) is 0 Å². The van der Waals surface area contributed by atoms with E-state index in [1.807, 2.05) is 66.4 Å². The highest BCUT2D eigenvalue weighted by Crippen LogP contribution is 2.22. The average molecular weight is 352 g/mol. The van der Waals surface area contributed by atoms with E-state index in [1.54, 1.807) is 4.90 Å². The van der Waals surface area contributed by atoms with Gasteiger partial charge < -0.3 is 16.0 Å². The third-order valence-corrected chi connectivity index (χ3v) is 4.62. The van der Waals surface area contributed by atoms with Crippen molar-refractivity contribution in [1.29, 1.82) is 0 Å². The summed E-state index contributed by atoms with van der Waals surface area (Å²) in [5.41, 5.74) is 8.41. The number of benzene rings is 2. The number of hydrogen-bond donors (Lipinski definition) is 2. The molecule has 1 atom stereocenters. The van der Waals surface area contributed by atoms with Crippen LogP contribution >= 0.6 is 0 Å². The van der Waals surface area contributed by atoms with Crippen LogP contribution in [0.15, 0.2) is 54.6 Å². The predicted molar refractivity (Wildman–Crippen MR) is 102 cm³/mol. The molecule has 3 amide bonds. The minimum atomic E-state index is -0.460. The SMILES string of the molecule is Cc1cccc(NC(=O)N2CCN([C@@H](C(N)=O)c3ccccc3)CC2)c1. The van der Waals surface area contributed by atoms with E-state index in [4.69, 9.17) is 5.73 Å². The van der Waals surface area contributed by atoms with Gasteiger partial charge in [-0.1, -0.05) is 42.5 Å². The molecular weight excluding hydrogens is 328 g/mol. The number of amides is 3. The molecule has 1 aliphatic rings. The molecule has 1 aliphatic heterocycles. The van der Waals surface area contributed by atoms with Crippen LogP contribution in [0, 0.1) is 6.92 Å². The van der Waals surface area contributed by atoms with Crippen molar-refractivity contribution in [2.75, 3.05) is 31.5 Å². The predicted octanol–water partition coefficient (Wildman–Crippen LogP) is 2.37. The standard InChI is InChI=1S/C20H24N4O2/c1-15-6-5-9-17(14-15)22-20(26)24-12-10-23(11-13-24)18(19(21)25)16-7-3-2-4-8-16/h2-9,14,18H,10-13H2,1H3,(H2,21,25)(H,22,26)/t18-/m1/s1. The lowest BCUT2D eigenvalue weighted by Gasteiger charge is -2.38. The van der Waals surface area contributed by atoms with Gasteiger partial charge in [-0.25, -0.2) is 4.79 Å². The maximum Gasteiger partial charge on any atom is 0.321 e. The maximum absolute atomic E-state index is 12.5. The minimum absolute atomic E-state index is 0.120. The Morgan fingerprint density at radius 2 is 1.69 bits per heavy atom. The highest BCUT2D eigenvalue weighted by atomic mass is 16.2. The number of piperazine rings is 1. The first-order valence-corrected chi connectivity index (χ1v) is 8.75. The van der Waals surface area contributed by atoms with Gasteiger partial charge in [0.1, 0.15) is 6.04 Å². The van der Waals surface area contributed by atoms with Crippen molar-refractivity contribution >= 4 is 17.6 Å². The molecular formula is C20H24N4O2.